The van der Waals surface area contributed by atoms with Gasteiger partial charge in [-0.1, -0.05) is 37.3 Å². The van der Waals surface area contributed by atoms with E-state index in [0.29, 0.717) is 5.69 Å². The zero-order chi connectivity index (χ0) is 15.1. The summed E-state index contributed by atoms with van der Waals surface area (Å²) in [6.45, 7) is 3.70. The van der Waals surface area contributed by atoms with Crippen LogP contribution in [0.3, 0.4) is 0 Å². The molecule has 1 heterocycles. The first-order valence-corrected chi connectivity index (χ1v) is 7.19. The summed E-state index contributed by atoms with van der Waals surface area (Å²) in [6.07, 6.45) is 0.727. The lowest BCUT2D eigenvalue weighted by molar-refractivity contribution is 0.0958. The van der Waals surface area contributed by atoms with Crippen LogP contribution in [0.4, 0.5) is 0 Å². The van der Waals surface area contributed by atoms with Gasteiger partial charge in [-0.05, 0) is 29.8 Å². The van der Waals surface area contributed by atoms with Crippen molar-refractivity contribution in [2.45, 2.75) is 19.9 Å². The van der Waals surface area contributed by atoms with Crippen LogP contribution >= 0.6 is 0 Å². The van der Waals surface area contributed by atoms with Gasteiger partial charge in [0, 0.05) is 25.7 Å². The highest BCUT2D eigenvalue weighted by Gasteiger charge is 2.09. The molecule has 21 heavy (non-hydrogen) atoms. The molecule has 0 aliphatic rings. The fraction of sp³-hybridized carbons (Fsp3) is 0.294. The molecule has 0 unspecified atom stereocenters. The Morgan fingerprint density at radius 3 is 2.57 bits per heavy atom. The van der Waals surface area contributed by atoms with Crippen LogP contribution < -0.4 is 10.6 Å². The molecule has 0 aliphatic carbocycles. The molecule has 0 spiro atoms. The molecular weight excluding hydrogens is 262 g/mol. The van der Waals surface area contributed by atoms with E-state index in [-0.39, 0.29) is 5.91 Å². The minimum absolute atomic E-state index is 0.150. The Labute approximate surface area is 125 Å². The van der Waals surface area contributed by atoms with Gasteiger partial charge in [0.05, 0.1) is 0 Å². The van der Waals surface area contributed by atoms with Crippen LogP contribution in [0.2, 0.25) is 0 Å². The van der Waals surface area contributed by atoms with E-state index >= 15 is 0 Å². The molecule has 4 heteroatoms. The van der Waals surface area contributed by atoms with Gasteiger partial charge in [0.1, 0.15) is 5.69 Å². The first kappa shape index (κ1) is 15.2. The zero-order valence-corrected chi connectivity index (χ0v) is 12.5. The Balaban J connectivity index is 2.28. The average molecular weight is 283 g/mol. The number of nitrogens with zero attached hydrogens (tertiary/aromatic N) is 1. The second-order valence-corrected chi connectivity index (χ2v) is 4.87. The highest BCUT2D eigenvalue weighted by atomic mass is 16.1. The number of hydrogen-bond acceptors (Lipinski definition) is 3. The van der Waals surface area contributed by atoms with Crippen molar-refractivity contribution in [2.75, 3.05) is 13.6 Å². The highest BCUT2D eigenvalue weighted by molar-refractivity contribution is 5.92. The van der Waals surface area contributed by atoms with Crippen LogP contribution in [0, 0.1) is 0 Å². The van der Waals surface area contributed by atoms with Crippen molar-refractivity contribution in [1.29, 1.82) is 0 Å². The maximum absolute atomic E-state index is 11.9. The lowest BCUT2D eigenvalue weighted by Crippen LogP contribution is -2.21. The van der Waals surface area contributed by atoms with E-state index in [1.54, 1.807) is 7.05 Å². The van der Waals surface area contributed by atoms with E-state index in [4.69, 9.17) is 0 Å². The van der Waals surface area contributed by atoms with Gasteiger partial charge < -0.3 is 10.6 Å². The SMILES string of the molecule is CCNCc1cc(Cc2ccccc2)nc(C(=O)NC)c1. The Hall–Kier alpha value is -2.20. The number of amides is 1. The molecule has 0 radical (unpaired) electrons. The molecule has 2 aromatic rings. The van der Waals surface area contributed by atoms with Crippen LogP contribution in [-0.4, -0.2) is 24.5 Å². The van der Waals surface area contributed by atoms with Crippen LogP contribution in [0.15, 0.2) is 42.5 Å². The smallest absolute Gasteiger partial charge is 0.269 e. The minimum atomic E-state index is -0.150. The van der Waals surface area contributed by atoms with Gasteiger partial charge in [-0.2, -0.15) is 0 Å². The van der Waals surface area contributed by atoms with Crippen molar-refractivity contribution in [3.05, 3.63) is 65.0 Å². The van der Waals surface area contributed by atoms with Gasteiger partial charge in [0.15, 0.2) is 0 Å². The van der Waals surface area contributed by atoms with Crippen molar-refractivity contribution < 1.29 is 4.79 Å². The first-order valence-electron chi connectivity index (χ1n) is 7.19. The van der Waals surface area contributed by atoms with E-state index < -0.39 is 0 Å². The van der Waals surface area contributed by atoms with Gasteiger partial charge in [-0.3, -0.25) is 4.79 Å². The van der Waals surface area contributed by atoms with E-state index in [0.717, 1.165) is 30.8 Å². The third-order valence-corrected chi connectivity index (χ3v) is 3.21. The summed E-state index contributed by atoms with van der Waals surface area (Å²) in [5, 5.41) is 5.91. The highest BCUT2D eigenvalue weighted by Crippen LogP contribution is 2.11. The third-order valence-electron chi connectivity index (χ3n) is 3.21. The second-order valence-electron chi connectivity index (χ2n) is 4.87. The van der Waals surface area contributed by atoms with Crippen molar-refractivity contribution >= 4 is 5.91 Å². The van der Waals surface area contributed by atoms with Crippen molar-refractivity contribution in [2.24, 2.45) is 0 Å². The molecule has 1 amide bonds. The Kier molecular flexibility index (Phi) is 5.46. The lowest BCUT2D eigenvalue weighted by atomic mass is 10.1. The summed E-state index contributed by atoms with van der Waals surface area (Å²) >= 11 is 0. The van der Waals surface area contributed by atoms with Crippen molar-refractivity contribution in [3.8, 4) is 0 Å². The van der Waals surface area contributed by atoms with Gasteiger partial charge >= 0.3 is 0 Å². The molecule has 2 rings (SSSR count). The Morgan fingerprint density at radius 2 is 1.90 bits per heavy atom. The molecule has 0 fully saturated rings. The van der Waals surface area contributed by atoms with Crippen LogP contribution in [-0.2, 0) is 13.0 Å². The first-order chi connectivity index (χ1) is 10.2. The Bertz CT molecular complexity index is 596. The minimum Gasteiger partial charge on any atom is -0.354 e. The van der Waals surface area contributed by atoms with E-state index in [2.05, 4.69) is 40.7 Å². The number of aromatic nitrogens is 1. The number of benzene rings is 1. The maximum atomic E-state index is 11.9. The molecule has 0 bridgehead atoms. The third kappa shape index (κ3) is 4.39. The average Bonchev–Trinajstić information content (AvgIpc) is 2.53. The number of carbonyl (C=O) groups excluding carboxylic acids is 1. The summed E-state index contributed by atoms with van der Waals surface area (Å²) in [6, 6.07) is 14.1. The predicted molar refractivity (Wildman–Crippen MR) is 84.3 cm³/mol. The fourth-order valence-corrected chi connectivity index (χ4v) is 2.16. The number of nitrogens with one attached hydrogen (secondary N) is 2. The maximum Gasteiger partial charge on any atom is 0.269 e. The molecule has 1 aromatic carbocycles. The summed E-state index contributed by atoms with van der Waals surface area (Å²) in [4.78, 5) is 16.3. The topological polar surface area (TPSA) is 54.0 Å². The number of carbonyl (C=O) groups is 1. The molecule has 4 nitrogen and oxygen atoms in total. The molecule has 0 saturated heterocycles. The van der Waals surface area contributed by atoms with Gasteiger partial charge in [-0.15, -0.1) is 0 Å². The molecule has 0 atom stereocenters. The molecule has 1 aromatic heterocycles. The van der Waals surface area contributed by atoms with Gasteiger partial charge in [0.25, 0.3) is 5.91 Å². The van der Waals surface area contributed by atoms with Crippen molar-refractivity contribution in [3.63, 3.8) is 0 Å². The number of pyridine rings is 1. The van der Waals surface area contributed by atoms with Crippen LogP contribution in [0.1, 0.15) is 34.2 Å². The Morgan fingerprint density at radius 1 is 1.14 bits per heavy atom. The van der Waals surface area contributed by atoms with E-state index in [9.17, 15) is 4.79 Å². The molecular formula is C17H21N3O. The number of hydrogen-bond donors (Lipinski definition) is 2. The molecule has 2 N–H and O–H groups in total. The van der Waals surface area contributed by atoms with Gasteiger partial charge in [-0.25, -0.2) is 4.98 Å². The molecule has 0 saturated carbocycles. The van der Waals surface area contributed by atoms with Crippen LogP contribution in [0.5, 0.6) is 0 Å². The second kappa shape index (κ2) is 7.55. The summed E-state index contributed by atoms with van der Waals surface area (Å²) in [7, 11) is 1.62. The van der Waals surface area contributed by atoms with Crippen molar-refractivity contribution in [1.82, 2.24) is 15.6 Å². The quantitative estimate of drug-likeness (QED) is 0.854. The fourth-order valence-electron chi connectivity index (χ4n) is 2.16. The lowest BCUT2D eigenvalue weighted by Gasteiger charge is -2.09. The predicted octanol–water partition coefficient (Wildman–Crippen LogP) is 2.14. The normalized spacial score (nSPS) is 10.4. The van der Waals surface area contributed by atoms with Crippen LogP contribution in [0.25, 0.3) is 0 Å². The summed E-state index contributed by atoms with van der Waals surface area (Å²) < 4.78 is 0. The van der Waals surface area contributed by atoms with E-state index in [1.807, 2.05) is 24.3 Å². The van der Waals surface area contributed by atoms with Gasteiger partial charge in [0.2, 0.25) is 0 Å². The molecule has 0 aliphatic heterocycles. The monoisotopic (exact) mass is 283 g/mol. The number of rotatable bonds is 6. The zero-order valence-electron chi connectivity index (χ0n) is 12.5. The largest absolute Gasteiger partial charge is 0.354 e. The summed E-state index contributed by atoms with van der Waals surface area (Å²) in [5.41, 5.74) is 3.65. The van der Waals surface area contributed by atoms with E-state index in [1.165, 1.54) is 5.56 Å². The summed E-state index contributed by atoms with van der Waals surface area (Å²) in [5.74, 6) is -0.150. The standard InChI is InChI=1S/C17H21N3O/c1-3-19-12-14-10-15(9-13-7-5-4-6-8-13)20-16(11-14)17(21)18-2/h4-8,10-11,19H,3,9,12H2,1-2H3,(H,18,21). The molecule has 110 valence electrons.